The zero-order valence-corrected chi connectivity index (χ0v) is 4.89. The molecule has 40 valence electrons. The zero-order chi connectivity index (χ0) is 5.82. The third-order valence-corrected chi connectivity index (χ3v) is 0.935. The Kier molecular flexibility index (Phi) is 1.73. The molecule has 0 aromatic heterocycles. The van der Waals surface area contributed by atoms with Crippen molar-refractivity contribution in [2.45, 2.75) is 0 Å². The van der Waals surface area contributed by atoms with Crippen molar-refractivity contribution in [2.24, 2.45) is 9.98 Å². The first-order chi connectivity index (χ1) is 3.93. The largest absolute Gasteiger partial charge is 0.302 e. The number of halogens is 1. The van der Waals surface area contributed by atoms with Gasteiger partial charge in [0.15, 0.2) is 5.84 Å². The SMILES string of the molecule is ClCC1=NC=[C+]C=N1. The van der Waals surface area contributed by atoms with Crippen molar-refractivity contribution in [3.8, 4) is 0 Å². The second-order valence-electron chi connectivity index (χ2n) is 1.23. The van der Waals surface area contributed by atoms with E-state index in [1.54, 1.807) is 12.4 Å². The van der Waals surface area contributed by atoms with E-state index in [-0.39, 0.29) is 0 Å². The molecule has 0 spiro atoms. The van der Waals surface area contributed by atoms with Gasteiger partial charge in [-0.2, -0.15) is 9.98 Å². The van der Waals surface area contributed by atoms with Crippen LogP contribution in [0.3, 0.4) is 0 Å². The van der Waals surface area contributed by atoms with Gasteiger partial charge in [0.1, 0.15) is 0 Å². The zero-order valence-electron chi connectivity index (χ0n) is 4.13. The van der Waals surface area contributed by atoms with Crippen molar-refractivity contribution < 1.29 is 0 Å². The van der Waals surface area contributed by atoms with E-state index < -0.39 is 0 Å². The minimum absolute atomic E-state index is 0.370. The second kappa shape index (κ2) is 2.55. The molecule has 3 heteroatoms. The van der Waals surface area contributed by atoms with Crippen LogP contribution in [0.5, 0.6) is 0 Å². The highest BCUT2D eigenvalue weighted by Crippen LogP contribution is 1.90. The molecule has 0 aromatic carbocycles. The van der Waals surface area contributed by atoms with E-state index in [4.69, 9.17) is 11.6 Å². The fraction of sp³-hybridized carbons (Fsp3) is 0.200. The van der Waals surface area contributed by atoms with Crippen molar-refractivity contribution in [1.29, 1.82) is 0 Å². The number of amidine groups is 1. The molecule has 0 radical (unpaired) electrons. The first kappa shape index (κ1) is 5.42. The van der Waals surface area contributed by atoms with E-state index >= 15 is 0 Å². The molecule has 1 aliphatic rings. The maximum Gasteiger partial charge on any atom is 0.302 e. The van der Waals surface area contributed by atoms with Gasteiger partial charge in [0.2, 0.25) is 0 Å². The summed E-state index contributed by atoms with van der Waals surface area (Å²) in [5, 5.41) is 0. The predicted molar refractivity (Wildman–Crippen MR) is 34.5 cm³/mol. The van der Waals surface area contributed by atoms with Crippen LogP contribution in [0.25, 0.3) is 0 Å². The third kappa shape index (κ3) is 1.12. The number of allylic oxidation sites excluding steroid dienone is 1. The molecule has 1 heterocycles. The van der Waals surface area contributed by atoms with Crippen molar-refractivity contribution >= 4 is 23.7 Å². The summed E-state index contributed by atoms with van der Waals surface area (Å²) in [6.45, 7) is 0. The van der Waals surface area contributed by atoms with Crippen LogP contribution in [0.1, 0.15) is 0 Å². The van der Waals surface area contributed by atoms with Crippen LogP contribution in [0, 0.1) is 6.08 Å². The molecule has 0 unspecified atom stereocenters. The maximum absolute atomic E-state index is 5.39. The minimum Gasteiger partial charge on any atom is -0.187 e. The number of nitrogens with zero attached hydrogens (tertiary/aromatic N) is 2. The number of hydrogen-bond acceptors (Lipinski definition) is 2. The topological polar surface area (TPSA) is 24.7 Å². The lowest BCUT2D eigenvalue weighted by Gasteiger charge is -1.85. The molecule has 0 fully saturated rings. The van der Waals surface area contributed by atoms with E-state index in [0.717, 1.165) is 0 Å². The number of rotatable bonds is 1. The Balaban J connectivity index is 2.68. The summed E-state index contributed by atoms with van der Waals surface area (Å²) in [7, 11) is 0. The molecule has 0 saturated heterocycles. The fourth-order valence-corrected chi connectivity index (χ4v) is 0.497. The molecule has 1 rings (SSSR count). The first-order valence-corrected chi connectivity index (χ1v) is 2.70. The van der Waals surface area contributed by atoms with Gasteiger partial charge in [-0.3, -0.25) is 0 Å². The molecule has 8 heavy (non-hydrogen) atoms. The number of aliphatic imine (C=N–C) groups is 2. The van der Waals surface area contributed by atoms with Gasteiger partial charge in [0.05, 0.1) is 5.88 Å². The monoisotopic (exact) mass is 127 g/mol. The highest BCUT2D eigenvalue weighted by molar-refractivity contribution is 6.29. The van der Waals surface area contributed by atoms with Gasteiger partial charge in [0, 0.05) is 0 Å². The third-order valence-electron chi connectivity index (χ3n) is 0.696. The van der Waals surface area contributed by atoms with Gasteiger partial charge in [-0.15, -0.1) is 11.6 Å². The van der Waals surface area contributed by atoms with Crippen LogP contribution < -0.4 is 0 Å². The summed E-state index contributed by atoms with van der Waals surface area (Å²) in [6, 6.07) is 0. The average molecular weight is 128 g/mol. The standard InChI is InChI=1S/C5H4ClN2/c6-4-5-7-2-1-3-8-5/h2-3H,4H2/q+1. The Bertz CT molecular complexity index is 158. The molecular formula is C5H4ClN2+. The molecule has 0 amide bonds. The van der Waals surface area contributed by atoms with Crippen LogP contribution in [0.15, 0.2) is 16.2 Å². The number of hydrogen-bond donors (Lipinski definition) is 0. The molecule has 1 aliphatic heterocycles. The van der Waals surface area contributed by atoms with Crippen molar-refractivity contribution in [3.05, 3.63) is 12.3 Å². The molecule has 0 aromatic rings. The maximum atomic E-state index is 5.39. The molecule has 2 nitrogen and oxygen atoms in total. The van der Waals surface area contributed by atoms with Gasteiger partial charge in [-0.25, -0.2) is 0 Å². The van der Waals surface area contributed by atoms with Gasteiger partial charge >= 0.3 is 6.08 Å². The predicted octanol–water partition coefficient (Wildman–Crippen LogP) is 1.02. The van der Waals surface area contributed by atoms with E-state index in [1.807, 2.05) is 0 Å². The summed E-state index contributed by atoms with van der Waals surface area (Å²) < 4.78 is 0. The summed E-state index contributed by atoms with van der Waals surface area (Å²) in [4.78, 5) is 7.60. The normalized spacial score (nSPS) is 15.4. The lowest BCUT2D eigenvalue weighted by Crippen LogP contribution is -1.96. The average Bonchev–Trinajstić information content (AvgIpc) is 1.90. The van der Waals surface area contributed by atoms with Gasteiger partial charge < -0.3 is 0 Å². The summed E-state index contributed by atoms with van der Waals surface area (Å²) in [5.41, 5.74) is 0. The molecular weight excluding hydrogens is 124 g/mol. The van der Waals surface area contributed by atoms with Crippen LogP contribution in [0.2, 0.25) is 0 Å². The molecule has 0 atom stereocenters. The summed E-state index contributed by atoms with van der Waals surface area (Å²) in [6.07, 6.45) is 5.78. The first-order valence-electron chi connectivity index (χ1n) is 2.16. The summed E-state index contributed by atoms with van der Waals surface area (Å²) in [5.74, 6) is 1.01. The minimum atomic E-state index is 0.370. The lowest BCUT2D eigenvalue weighted by molar-refractivity contribution is 1.44. The van der Waals surface area contributed by atoms with Crippen LogP contribution in [0.4, 0.5) is 0 Å². The van der Waals surface area contributed by atoms with Crippen molar-refractivity contribution in [1.82, 2.24) is 0 Å². The lowest BCUT2D eigenvalue weighted by atomic mass is 10.5. The van der Waals surface area contributed by atoms with E-state index in [1.165, 1.54) is 0 Å². The smallest absolute Gasteiger partial charge is 0.187 e. The molecule has 0 N–H and O–H groups in total. The van der Waals surface area contributed by atoms with Crippen LogP contribution >= 0.6 is 11.6 Å². The fourth-order valence-electron chi connectivity index (χ4n) is 0.359. The van der Waals surface area contributed by atoms with Crippen LogP contribution in [-0.2, 0) is 0 Å². The highest BCUT2D eigenvalue weighted by atomic mass is 35.5. The van der Waals surface area contributed by atoms with Crippen molar-refractivity contribution in [2.75, 3.05) is 5.88 Å². The second-order valence-corrected chi connectivity index (χ2v) is 1.50. The highest BCUT2D eigenvalue weighted by Gasteiger charge is 1.99. The molecule has 0 aliphatic carbocycles. The van der Waals surface area contributed by atoms with E-state index in [9.17, 15) is 0 Å². The summed E-state index contributed by atoms with van der Waals surface area (Å²) >= 11 is 5.39. The number of alkyl halides is 1. The Labute approximate surface area is 52.6 Å². The molecule has 0 saturated carbocycles. The Morgan fingerprint density at radius 2 is 2.62 bits per heavy atom. The van der Waals surface area contributed by atoms with E-state index in [2.05, 4.69) is 16.1 Å². The van der Waals surface area contributed by atoms with Gasteiger partial charge in [-0.1, -0.05) is 0 Å². The Hall–Kier alpha value is -0.720. The molecule has 0 bridgehead atoms. The van der Waals surface area contributed by atoms with Gasteiger partial charge in [0.25, 0.3) is 12.4 Å². The van der Waals surface area contributed by atoms with Gasteiger partial charge in [-0.05, 0) is 0 Å². The van der Waals surface area contributed by atoms with E-state index in [0.29, 0.717) is 11.7 Å². The van der Waals surface area contributed by atoms with Crippen LogP contribution in [-0.4, -0.2) is 17.9 Å². The quantitative estimate of drug-likeness (QED) is 0.371. The Morgan fingerprint density at radius 1 is 1.75 bits per heavy atom. The Morgan fingerprint density at radius 3 is 3.00 bits per heavy atom. The van der Waals surface area contributed by atoms with Crippen molar-refractivity contribution in [3.63, 3.8) is 0 Å².